The lowest BCUT2D eigenvalue weighted by Gasteiger charge is -2.33. The molecule has 1 heterocycles. The molecule has 1 atom stereocenters. The van der Waals surface area contributed by atoms with Crippen LogP contribution in [0.1, 0.15) is 27.7 Å². The van der Waals surface area contributed by atoms with Crippen LogP contribution < -0.4 is 4.90 Å². The van der Waals surface area contributed by atoms with Gasteiger partial charge in [0.2, 0.25) is 5.91 Å². The first kappa shape index (κ1) is 16.4. The maximum absolute atomic E-state index is 12.5. The number of benzene rings is 1. The Kier molecular flexibility index (Phi) is 4.40. The van der Waals surface area contributed by atoms with Crippen LogP contribution in [0.4, 0.5) is 5.69 Å². The molecule has 1 unspecified atom stereocenters. The first-order valence-corrected chi connectivity index (χ1v) is 9.43. The smallest absolute Gasteiger partial charge is 0.242 e. The summed E-state index contributed by atoms with van der Waals surface area (Å²) < 4.78 is 23.6. The van der Waals surface area contributed by atoms with Crippen molar-refractivity contribution in [3.63, 3.8) is 0 Å². The van der Waals surface area contributed by atoms with E-state index < -0.39 is 20.3 Å². The summed E-state index contributed by atoms with van der Waals surface area (Å²) in [5.74, 6) is -0.785. The van der Waals surface area contributed by atoms with Crippen molar-refractivity contribution in [3.8, 4) is 0 Å². The topological polar surface area (TPSA) is 54.5 Å². The van der Waals surface area contributed by atoms with Gasteiger partial charge in [-0.1, -0.05) is 19.1 Å². The fourth-order valence-corrected chi connectivity index (χ4v) is 4.11. The zero-order valence-electron chi connectivity index (χ0n) is 12.8. The molecule has 1 amide bonds. The van der Waals surface area contributed by atoms with Gasteiger partial charge < -0.3 is 4.90 Å². The van der Waals surface area contributed by atoms with Crippen molar-refractivity contribution in [2.24, 2.45) is 0 Å². The fraction of sp³-hybridized carbons (Fsp3) is 0.533. The number of para-hydroxylation sites is 1. The fourth-order valence-electron chi connectivity index (χ4n) is 2.08. The Hall–Kier alpha value is -1.01. The number of anilines is 1. The highest BCUT2D eigenvalue weighted by Crippen LogP contribution is 2.38. The van der Waals surface area contributed by atoms with E-state index in [1.807, 2.05) is 31.2 Å². The summed E-state index contributed by atoms with van der Waals surface area (Å²) >= 11 is 1.71. The summed E-state index contributed by atoms with van der Waals surface area (Å²) in [6, 6.07) is 7.64. The van der Waals surface area contributed by atoms with Gasteiger partial charge in [0, 0.05) is 16.7 Å². The molecule has 0 aliphatic carbocycles. The number of hydrogen-bond acceptors (Lipinski definition) is 4. The third-order valence-corrected chi connectivity index (χ3v) is 7.12. The van der Waals surface area contributed by atoms with Crippen molar-refractivity contribution in [1.82, 2.24) is 0 Å². The molecular formula is C15H21NO3S2. The van der Waals surface area contributed by atoms with Crippen molar-refractivity contribution in [1.29, 1.82) is 0 Å². The number of carbonyl (C=O) groups excluding carboxylic acids is 1. The second-order valence-corrected chi connectivity index (χ2v) is 10.5. The first-order chi connectivity index (χ1) is 9.62. The van der Waals surface area contributed by atoms with Gasteiger partial charge in [0.25, 0.3) is 0 Å². The lowest BCUT2D eigenvalue weighted by Crippen LogP contribution is -2.44. The number of rotatable bonds is 2. The van der Waals surface area contributed by atoms with E-state index in [1.165, 1.54) is 0 Å². The highest BCUT2D eigenvalue weighted by molar-refractivity contribution is 8.00. The van der Waals surface area contributed by atoms with E-state index in [4.69, 9.17) is 0 Å². The minimum absolute atomic E-state index is 0.251. The van der Waals surface area contributed by atoms with E-state index in [1.54, 1.807) is 37.4 Å². The van der Waals surface area contributed by atoms with Gasteiger partial charge in [-0.15, -0.1) is 11.8 Å². The monoisotopic (exact) mass is 327 g/mol. The Morgan fingerprint density at radius 1 is 1.33 bits per heavy atom. The number of carbonyl (C=O) groups is 1. The molecule has 0 aromatic heterocycles. The van der Waals surface area contributed by atoms with E-state index in [2.05, 4.69) is 0 Å². The molecule has 0 radical (unpaired) electrons. The Morgan fingerprint density at radius 3 is 2.57 bits per heavy atom. The predicted molar refractivity (Wildman–Crippen MR) is 87.7 cm³/mol. The molecule has 0 bridgehead atoms. The van der Waals surface area contributed by atoms with Gasteiger partial charge in [-0.2, -0.15) is 0 Å². The molecule has 0 fully saturated rings. The first-order valence-electron chi connectivity index (χ1n) is 6.90. The van der Waals surface area contributed by atoms with Crippen LogP contribution in [0.2, 0.25) is 0 Å². The van der Waals surface area contributed by atoms with E-state index in [0.29, 0.717) is 6.54 Å². The number of fused-ring (bicyclic) bond motifs is 1. The summed E-state index contributed by atoms with van der Waals surface area (Å²) in [5.41, 5.74) is 0.815. The molecule has 0 spiro atoms. The van der Waals surface area contributed by atoms with Crippen LogP contribution in [-0.4, -0.2) is 36.6 Å². The predicted octanol–water partition coefficient (Wildman–Crippen LogP) is 2.73. The van der Waals surface area contributed by atoms with Crippen molar-refractivity contribution in [3.05, 3.63) is 24.3 Å². The van der Waals surface area contributed by atoms with Gasteiger partial charge in [0.05, 0.1) is 10.4 Å². The van der Waals surface area contributed by atoms with Crippen molar-refractivity contribution in [2.45, 2.75) is 42.6 Å². The van der Waals surface area contributed by atoms with Crippen LogP contribution in [-0.2, 0) is 14.6 Å². The Morgan fingerprint density at radius 2 is 1.95 bits per heavy atom. The second kappa shape index (κ2) is 5.65. The number of thioether (sulfide) groups is 1. The molecule has 21 heavy (non-hydrogen) atoms. The van der Waals surface area contributed by atoms with E-state index in [-0.39, 0.29) is 11.2 Å². The highest BCUT2D eigenvalue weighted by Gasteiger charge is 2.35. The molecule has 4 nitrogen and oxygen atoms in total. The van der Waals surface area contributed by atoms with Gasteiger partial charge in [-0.05, 0) is 32.9 Å². The maximum atomic E-state index is 12.5. The second-order valence-electron chi connectivity index (χ2n) is 6.27. The molecule has 1 aliphatic rings. The molecule has 116 valence electrons. The third kappa shape index (κ3) is 3.43. The number of amides is 1. The van der Waals surface area contributed by atoms with Gasteiger partial charge in [-0.25, -0.2) is 8.42 Å². The summed E-state index contributed by atoms with van der Waals surface area (Å²) in [6.45, 7) is 7.45. The Balaban J connectivity index is 2.29. The standard InChI is InChI=1S/C15H21NO3S2/c1-11-9-16(12-7-5-6-8-13(12)20-11)14(17)10-21(18,19)15(2,3)4/h5-8,11H,9-10H2,1-4H3. The largest absolute Gasteiger partial charge is 0.309 e. The number of sulfone groups is 1. The summed E-state index contributed by atoms with van der Waals surface area (Å²) in [6.07, 6.45) is 0. The molecule has 0 saturated carbocycles. The van der Waals surface area contributed by atoms with Crippen molar-refractivity contribution < 1.29 is 13.2 Å². The Labute approximate surface area is 130 Å². The zero-order chi connectivity index (χ0) is 15.8. The zero-order valence-corrected chi connectivity index (χ0v) is 14.4. The molecule has 1 aromatic carbocycles. The van der Waals surface area contributed by atoms with Crippen molar-refractivity contribution in [2.75, 3.05) is 17.2 Å². The van der Waals surface area contributed by atoms with Crippen molar-refractivity contribution >= 4 is 33.2 Å². The van der Waals surface area contributed by atoms with E-state index in [0.717, 1.165) is 10.6 Å². The van der Waals surface area contributed by atoms with Gasteiger partial charge in [0.15, 0.2) is 9.84 Å². The minimum atomic E-state index is -3.46. The normalized spacial score (nSPS) is 19.2. The Bertz CT molecular complexity index is 647. The quantitative estimate of drug-likeness (QED) is 0.838. The third-order valence-electron chi connectivity index (χ3n) is 3.47. The van der Waals surface area contributed by atoms with E-state index in [9.17, 15) is 13.2 Å². The van der Waals surface area contributed by atoms with Crippen LogP contribution in [0, 0.1) is 0 Å². The van der Waals surface area contributed by atoms with Crippen LogP contribution >= 0.6 is 11.8 Å². The number of nitrogens with zero attached hydrogens (tertiary/aromatic N) is 1. The molecule has 0 saturated heterocycles. The lowest BCUT2D eigenvalue weighted by molar-refractivity contribution is -0.116. The summed E-state index contributed by atoms with van der Waals surface area (Å²) in [4.78, 5) is 15.1. The van der Waals surface area contributed by atoms with Gasteiger partial charge in [-0.3, -0.25) is 4.79 Å². The maximum Gasteiger partial charge on any atom is 0.242 e. The molecular weight excluding hydrogens is 306 g/mol. The molecule has 2 rings (SSSR count). The molecule has 1 aromatic rings. The highest BCUT2D eigenvalue weighted by atomic mass is 32.2. The van der Waals surface area contributed by atoms with Crippen LogP contribution in [0.3, 0.4) is 0 Å². The van der Waals surface area contributed by atoms with Crippen LogP contribution in [0.15, 0.2) is 29.2 Å². The lowest BCUT2D eigenvalue weighted by atomic mass is 10.2. The molecule has 6 heteroatoms. The van der Waals surface area contributed by atoms with Gasteiger partial charge >= 0.3 is 0 Å². The minimum Gasteiger partial charge on any atom is -0.309 e. The van der Waals surface area contributed by atoms with Crippen LogP contribution in [0.5, 0.6) is 0 Å². The van der Waals surface area contributed by atoms with Crippen LogP contribution in [0.25, 0.3) is 0 Å². The summed E-state index contributed by atoms with van der Waals surface area (Å²) in [7, 11) is -3.46. The SMILES string of the molecule is CC1CN(C(=O)CS(=O)(=O)C(C)(C)C)c2ccccc2S1. The summed E-state index contributed by atoms with van der Waals surface area (Å²) in [5, 5.41) is 0.251. The average Bonchev–Trinajstić information content (AvgIpc) is 2.35. The van der Waals surface area contributed by atoms with E-state index >= 15 is 0 Å². The van der Waals surface area contributed by atoms with Gasteiger partial charge in [0.1, 0.15) is 5.75 Å². The molecule has 0 N–H and O–H groups in total. The average molecular weight is 327 g/mol. The molecule has 1 aliphatic heterocycles. The number of hydrogen-bond donors (Lipinski definition) is 0.